The summed E-state index contributed by atoms with van der Waals surface area (Å²) < 4.78 is 0. The molecule has 1 saturated carbocycles. The summed E-state index contributed by atoms with van der Waals surface area (Å²) >= 11 is 0. The lowest BCUT2D eigenvalue weighted by molar-refractivity contribution is -0.139. The Morgan fingerprint density at radius 3 is 2.75 bits per heavy atom. The first-order valence-electron chi connectivity index (χ1n) is 5.94. The highest BCUT2D eigenvalue weighted by Crippen LogP contribution is 2.31. The Labute approximate surface area is 97.8 Å². The molecule has 0 aliphatic heterocycles. The Balaban J connectivity index is 2.67. The van der Waals surface area contributed by atoms with E-state index in [1.165, 1.54) is 12.8 Å². The number of hydrogen-bond acceptors (Lipinski definition) is 2. The summed E-state index contributed by atoms with van der Waals surface area (Å²) in [4.78, 5) is 12.7. The van der Waals surface area contributed by atoms with Gasteiger partial charge in [0.15, 0.2) is 0 Å². The Kier molecular flexibility index (Phi) is 4.82. The Morgan fingerprint density at radius 2 is 2.19 bits per heavy atom. The second-order valence-corrected chi connectivity index (χ2v) is 4.97. The van der Waals surface area contributed by atoms with E-state index in [1.54, 1.807) is 0 Å². The number of aliphatic carboxylic acids is 1. The van der Waals surface area contributed by atoms with E-state index in [0.29, 0.717) is 24.4 Å². The van der Waals surface area contributed by atoms with Gasteiger partial charge in [0.2, 0.25) is 0 Å². The molecule has 3 atom stereocenters. The van der Waals surface area contributed by atoms with E-state index in [9.17, 15) is 4.79 Å². The lowest BCUT2D eigenvalue weighted by Crippen LogP contribution is -2.45. The fourth-order valence-corrected chi connectivity index (χ4v) is 2.59. The van der Waals surface area contributed by atoms with Gasteiger partial charge in [0.05, 0.1) is 13.1 Å². The first kappa shape index (κ1) is 13.1. The van der Waals surface area contributed by atoms with Gasteiger partial charge >= 0.3 is 5.97 Å². The second-order valence-electron chi connectivity index (χ2n) is 4.97. The summed E-state index contributed by atoms with van der Waals surface area (Å²) in [5.74, 6) is 3.00. The molecule has 90 valence electrons. The number of rotatable bonds is 4. The highest BCUT2D eigenvalue weighted by molar-refractivity contribution is 5.69. The lowest BCUT2D eigenvalue weighted by Gasteiger charge is -2.39. The number of carboxylic acids is 1. The summed E-state index contributed by atoms with van der Waals surface area (Å²) in [6, 6.07) is 0.330. The van der Waals surface area contributed by atoms with Gasteiger partial charge in [0.25, 0.3) is 0 Å². The van der Waals surface area contributed by atoms with Crippen LogP contribution in [0.3, 0.4) is 0 Å². The van der Waals surface area contributed by atoms with Gasteiger partial charge in [-0.25, -0.2) is 0 Å². The standard InChI is InChI=1S/C13H21NO2/c1-4-7-14(9-13(15)16)12-8-10(2)5-6-11(12)3/h1,10-12H,5-9H2,2-3H3,(H,15,16). The molecule has 1 aliphatic carbocycles. The molecule has 0 aromatic rings. The Morgan fingerprint density at radius 1 is 1.50 bits per heavy atom. The van der Waals surface area contributed by atoms with E-state index in [1.807, 2.05) is 4.90 Å². The van der Waals surface area contributed by atoms with Gasteiger partial charge in [0.1, 0.15) is 0 Å². The molecule has 16 heavy (non-hydrogen) atoms. The summed E-state index contributed by atoms with van der Waals surface area (Å²) in [5.41, 5.74) is 0. The predicted octanol–water partition coefficient (Wildman–Crippen LogP) is 1.83. The van der Waals surface area contributed by atoms with E-state index in [0.717, 1.165) is 6.42 Å². The zero-order valence-electron chi connectivity index (χ0n) is 10.1. The third-order valence-corrected chi connectivity index (χ3v) is 3.52. The molecule has 0 aromatic heterocycles. The van der Waals surface area contributed by atoms with Crippen LogP contribution in [0, 0.1) is 24.2 Å². The van der Waals surface area contributed by atoms with Gasteiger partial charge in [-0.3, -0.25) is 9.69 Å². The number of nitrogens with zero attached hydrogens (tertiary/aromatic N) is 1. The van der Waals surface area contributed by atoms with Gasteiger partial charge in [-0.05, 0) is 24.7 Å². The van der Waals surface area contributed by atoms with Crippen molar-refractivity contribution < 1.29 is 9.90 Å². The van der Waals surface area contributed by atoms with E-state index < -0.39 is 5.97 Å². The van der Waals surface area contributed by atoms with Crippen LogP contribution in [0.5, 0.6) is 0 Å². The van der Waals surface area contributed by atoms with Gasteiger partial charge in [0, 0.05) is 6.04 Å². The zero-order chi connectivity index (χ0) is 12.1. The minimum Gasteiger partial charge on any atom is -0.480 e. The lowest BCUT2D eigenvalue weighted by atomic mass is 9.79. The molecule has 0 spiro atoms. The first-order chi connectivity index (χ1) is 7.54. The summed E-state index contributed by atoms with van der Waals surface area (Å²) in [7, 11) is 0. The maximum Gasteiger partial charge on any atom is 0.317 e. The molecule has 1 aliphatic rings. The van der Waals surface area contributed by atoms with Crippen molar-refractivity contribution in [2.24, 2.45) is 11.8 Å². The largest absolute Gasteiger partial charge is 0.480 e. The van der Waals surface area contributed by atoms with Gasteiger partial charge in [-0.1, -0.05) is 26.2 Å². The van der Waals surface area contributed by atoms with Crippen LogP contribution >= 0.6 is 0 Å². The van der Waals surface area contributed by atoms with Crippen LogP contribution in [0.15, 0.2) is 0 Å². The third kappa shape index (κ3) is 3.53. The van der Waals surface area contributed by atoms with Crippen LogP contribution in [0.4, 0.5) is 0 Å². The fourth-order valence-electron chi connectivity index (χ4n) is 2.59. The van der Waals surface area contributed by atoms with Crippen molar-refractivity contribution in [1.82, 2.24) is 4.90 Å². The molecule has 0 heterocycles. The molecule has 3 unspecified atom stereocenters. The van der Waals surface area contributed by atoms with Gasteiger partial charge in [-0.15, -0.1) is 6.42 Å². The maximum atomic E-state index is 10.8. The number of carboxylic acid groups (broad SMARTS) is 1. The number of carbonyl (C=O) groups is 1. The van der Waals surface area contributed by atoms with Crippen molar-refractivity contribution in [3.05, 3.63) is 0 Å². The average molecular weight is 223 g/mol. The van der Waals surface area contributed by atoms with Crippen LogP contribution in [0.2, 0.25) is 0 Å². The van der Waals surface area contributed by atoms with Crippen molar-refractivity contribution in [1.29, 1.82) is 0 Å². The predicted molar refractivity (Wildman–Crippen MR) is 64.0 cm³/mol. The second kappa shape index (κ2) is 5.91. The highest BCUT2D eigenvalue weighted by Gasteiger charge is 2.30. The molecule has 3 nitrogen and oxygen atoms in total. The number of terminal acetylenes is 1. The van der Waals surface area contributed by atoms with E-state index >= 15 is 0 Å². The monoisotopic (exact) mass is 223 g/mol. The normalized spacial score (nSPS) is 30.0. The van der Waals surface area contributed by atoms with Crippen LogP contribution in [0.25, 0.3) is 0 Å². The Hall–Kier alpha value is -1.01. The smallest absolute Gasteiger partial charge is 0.317 e. The van der Waals surface area contributed by atoms with Crippen molar-refractivity contribution in [3.63, 3.8) is 0 Å². The highest BCUT2D eigenvalue weighted by atomic mass is 16.4. The molecule has 1 N–H and O–H groups in total. The van der Waals surface area contributed by atoms with E-state index in [2.05, 4.69) is 19.8 Å². The number of hydrogen-bond donors (Lipinski definition) is 1. The summed E-state index contributed by atoms with van der Waals surface area (Å²) in [5, 5.41) is 8.88. The maximum absolute atomic E-state index is 10.8. The molecule has 3 heteroatoms. The summed E-state index contributed by atoms with van der Waals surface area (Å²) in [6.07, 6.45) is 8.79. The van der Waals surface area contributed by atoms with Crippen molar-refractivity contribution >= 4 is 5.97 Å². The molecule has 1 fully saturated rings. The topological polar surface area (TPSA) is 40.5 Å². The zero-order valence-corrected chi connectivity index (χ0v) is 10.1. The average Bonchev–Trinajstić information content (AvgIpc) is 2.20. The van der Waals surface area contributed by atoms with Crippen LogP contribution in [-0.4, -0.2) is 35.1 Å². The van der Waals surface area contributed by atoms with Crippen LogP contribution in [0.1, 0.15) is 33.1 Å². The minimum absolute atomic E-state index is 0.0614. The van der Waals surface area contributed by atoms with Crippen molar-refractivity contribution in [2.45, 2.75) is 39.2 Å². The van der Waals surface area contributed by atoms with Crippen LogP contribution < -0.4 is 0 Å². The molecular weight excluding hydrogens is 202 g/mol. The third-order valence-electron chi connectivity index (χ3n) is 3.52. The van der Waals surface area contributed by atoms with Crippen LogP contribution in [-0.2, 0) is 4.79 Å². The van der Waals surface area contributed by atoms with Gasteiger partial charge < -0.3 is 5.11 Å². The molecule has 0 bridgehead atoms. The molecule has 0 amide bonds. The van der Waals surface area contributed by atoms with E-state index in [-0.39, 0.29) is 6.54 Å². The minimum atomic E-state index is -0.791. The fraction of sp³-hybridized carbons (Fsp3) is 0.769. The molecular formula is C13H21NO2. The molecule has 0 aromatic carbocycles. The molecule has 0 saturated heterocycles. The first-order valence-corrected chi connectivity index (χ1v) is 5.94. The SMILES string of the molecule is C#CCN(CC(=O)O)C1CC(C)CCC1C. The quantitative estimate of drug-likeness (QED) is 0.739. The molecule has 1 rings (SSSR count). The van der Waals surface area contributed by atoms with E-state index in [4.69, 9.17) is 11.5 Å². The van der Waals surface area contributed by atoms with Crippen molar-refractivity contribution in [2.75, 3.05) is 13.1 Å². The van der Waals surface area contributed by atoms with Gasteiger partial charge in [-0.2, -0.15) is 0 Å². The molecule has 0 radical (unpaired) electrons. The van der Waals surface area contributed by atoms with Crippen molar-refractivity contribution in [3.8, 4) is 12.3 Å². The summed E-state index contributed by atoms with van der Waals surface area (Å²) in [6.45, 7) is 4.93. The Bertz CT molecular complexity index is 282.